The van der Waals surface area contributed by atoms with Crippen molar-refractivity contribution in [3.8, 4) is 6.07 Å². The lowest BCUT2D eigenvalue weighted by molar-refractivity contribution is -0.159. The van der Waals surface area contributed by atoms with E-state index < -0.39 is 70.5 Å². The molecular weight excluding hydrogens is 1200 g/mol. The van der Waals surface area contributed by atoms with Gasteiger partial charge in [0, 0.05) is 38.4 Å². The highest BCUT2D eigenvalue weighted by atomic mass is 32.2. The van der Waals surface area contributed by atoms with Crippen LogP contribution >= 0.6 is 11.8 Å². The number of nitrogens with two attached hydrogens (primary N) is 1. The number of aromatic carboxylic acids is 2. The number of benzene rings is 4. The predicted molar refractivity (Wildman–Crippen MR) is 337 cm³/mol. The van der Waals surface area contributed by atoms with Crippen LogP contribution in [-0.2, 0) is 62.5 Å². The first-order valence-electron chi connectivity index (χ1n) is 27.9. The maximum atomic E-state index is 11.6. The number of carbonyl (C=O) groups excluding carboxylic acids is 2. The number of thioether (sulfide) groups is 1. The number of nitriles is 1. The van der Waals surface area contributed by atoms with Gasteiger partial charge in [-0.1, -0.05) is 173 Å². The van der Waals surface area contributed by atoms with E-state index in [0.717, 1.165) is 66.1 Å². The molecule has 3 aliphatic rings. The van der Waals surface area contributed by atoms with Crippen molar-refractivity contribution in [1.29, 1.82) is 5.26 Å². The summed E-state index contributed by atoms with van der Waals surface area (Å²) < 4.78 is 0. The number of likely N-dealkylation sites (tertiary alicyclic amines) is 1. The van der Waals surface area contributed by atoms with Crippen molar-refractivity contribution < 1.29 is 98.7 Å². The SMILES string of the molecule is CCCCCCCc1ccc(C(=O)O)cc1.CCc1ccccc1C(=O)O.N#Cc1ccccc1NC(=O)CCCC(=O)O.NN=CS/C=C\C(=O)O.O=C(O)C1(C(=O)O)C=CC=C1.O=C(O)C1(C(=O)O)C=CC=C1.O=C(O)C1CC(=O)N(Cc2ccccc2)C1. The van der Waals surface area contributed by atoms with Crippen LogP contribution in [0.25, 0.3) is 0 Å². The molecule has 1 heterocycles. The standard InChI is InChI=1S/C14H20O2.C12H12N2O3.C12H13NO3.C9H10O2.2C7H6O4.C4H6N2O2S/c1-2-3-4-5-6-7-12-8-10-13(11-9-12)14(15)16;13-8-9-4-1-2-5-10(9)14-11(15)6-3-7-12(16)17;14-11-6-10(12(15)16)8-13(11)7-9-4-2-1-3-5-9;1-2-7-5-3-4-6-8(7)9(10)11;2*8-5(9)7(6(10)11)3-1-2-4-7;5-6-3-9-2-1-4(7)8/h8-11H,2-7H2,1H3,(H,15,16);1-2,4-5H,3,6-7H2,(H,14,15)(H,16,17);1-5,10H,6-8H2,(H,15,16);3-6H,2H2,1H3,(H,10,11);2*1-4H,(H,8,9)(H,10,11);1-3H,5H2,(H,7,8)/b;;;;;;2-1-,6-3?. The summed E-state index contributed by atoms with van der Waals surface area (Å²) in [5.74, 6) is -6.13. The molecule has 4 aromatic rings. The number of carboxylic acids is 9. The molecule has 26 heteroatoms. The van der Waals surface area contributed by atoms with E-state index in [1.54, 1.807) is 53.4 Å². The second-order valence-electron chi connectivity index (χ2n) is 19.4. The highest BCUT2D eigenvalue weighted by Gasteiger charge is 2.44. The summed E-state index contributed by atoms with van der Waals surface area (Å²) >= 11 is 1.10. The summed E-state index contributed by atoms with van der Waals surface area (Å²) in [6, 6.07) is 32.5. The van der Waals surface area contributed by atoms with E-state index in [2.05, 4.69) is 17.3 Å². The molecule has 1 aliphatic heterocycles. The first-order chi connectivity index (χ1) is 43.2. The third-order valence-corrected chi connectivity index (χ3v) is 13.3. The minimum absolute atomic E-state index is 0.0344. The Morgan fingerprint density at radius 2 is 1.18 bits per heavy atom. The van der Waals surface area contributed by atoms with Gasteiger partial charge in [-0.15, -0.1) is 0 Å². The van der Waals surface area contributed by atoms with Crippen LogP contribution in [0.15, 0.2) is 168 Å². The third-order valence-electron chi connectivity index (χ3n) is 12.8. The first-order valence-corrected chi connectivity index (χ1v) is 28.8. The second-order valence-corrected chi connectivity index (χ2v) is 20.1. The van der Waals surface area contributed by atoms with E-state index in [1.807, 2.05) is 67.6 Å². The fraction of sp³-hybridized carbons (Fsp3) is 0.277. The molecule has 91 heavy (non-hydrogen) atoms. The topological polar surface area (TPSA) is 447 Å². The lowest BCUT2D eigenvalue weighted by Crippen LogP contribution is -2.34. The molecule has 0 spiro atoms. The molecule has 1 unspecified atom stereocenters. The molecular formula is C65H73N5O20S. The van der Waals surface area contributed by atoms with Gasteiger partial charge in [0.25, 0.3) is 0 Å². The van der Waals surface area contributed by atoms with E-state index in [0.29, 0.717) is 35.5 Å². The Kier molecular flexibility index (Phi) is 36.7. The highest BCUT2D eigenvalue weighted by Crippen LogP contribution is 2.28. The third kappa shape index (κ3) is 29.5. The summed E-state index contributed by atoms with van der Waals surface area (Å²) in [6.07, 6.45) is 19.9. The first kappa shape index (κ1) is 78.1. The molecule has 4 aromatic carbocycles. The minimum atomic E-state index is -1.83. The molecule has 0 saturated carbocycles. The van der Waals surface area contributed by atoms with Crippen molar-refractivity contribution in [2.24, 2.45) is 27.7 Å². The van der Waals surface area contributed by atoms with Crippen LogP contribution in [0.1, 0.15) is 115 Å². The Morgan fingerprint density at radius 3 is 1.62 bits per heavy atom. The van der Waals surface area contributed by atoms with Crippen molar-refractivity contribution in [3.63, 3.8) is 0 Å². The maximum absolute atomic E-state index is 11.6. The van der Waals surface area contributed by atoms with Crippen LogP contribution < -0.4 is 11.2 Å². The number of carboxylic acid groups (broad SMARTS) is 9. The van der Waals surface area contributed by atoms with E-state index in [9.17, 15) is 52.7 Å². The Balaban J connectivity index is 0.000000537. The Morgan fingerprint density at radius 1 is 0.648 bits per heavy atom. The zero-order valence-electron chi connectivity index (χ0n) is 49.8. The quantitative estimate of drug-likeness (QED) is 0.00591. The van der Waals surface area contributed by atoms with Gasteiger partial charge in [-0.3, -0.25) is 38.4 Å². The van der Waals surface area contributed by atoms with Crippen LogP contribution in [0, 0.1) is 28.1 Å². The van der Waals surface area contributed by atoms with Crippen LogP contribution in [0.4, 0.5) is 5.69 Å². The van der Waals surface area contributed by atoms with E-state index in [-0.39, 0.29) is 37.5 Å². The summed E-state index contributed by atoms with van der Waals surface area (Å²) in [4.78, 5) is 119. The second kappa shape index (κ2) is 42.8. The zero-order chi connectivity index (χ0) is 68.4. The molecule has 2 aliphatic carbocycles. The molecule has 1 fully saturated rings. The van der Waals surface area contributed by atoms with Gasteiger partial charge in [0.15, 0.2) is 0 Å². The fourth-order valence-corrected chi connectivity index (χ4v) is 8.18. The lowest BCUT2D eigenvalue weighted by Gasteiger charge is -2.15. The summed E-state index contributed by atoms with van der Waals surface area (Å²) in [5, 5.41) is 92.8. The number of nitrogens with one attached hydrogen (secondary N) is 1. The number of unbranched alkanes of at least 4 members (excludes halogenated alkanes) is 4. The zero-order valence-corrected chi connectivity index (χ0v) is 50.6. The van der Waals surface area contributed by atoms with Gasteiger partial charge < -0.3 is 62.0 Å². The molecule has 2 amide bonds. The number of hydrazone groups is 1. The van der Waals surface area contributed by atoms with Gasteiger partial charge in [-0.05, 0) is 78.1 Å². The van der Waals surface area contributed by atoms with Crippen LogP contribution in [0.3, 0.4) is 0 Å². The number of para-hydroxylation sites is 1. The van der Waals surface area contributed by atoms with Gasteiger partial charge >= 0.3 is 53.7 Å². The molecule has 7 rings (SSSR count). The number of carbonyl (C=O) groups is 11. The lowest BCUT2D eigenvalue weighted by atomic mass is 9.91. The molecule has 1 atom stereocenters. The van der Waals surface area contributed by atoms with Crippen molar-refractivity contribution in [1.82, 2.24) is 4.90 Å². The van der Waals surface area contributed by atoms with E-state index in [1.165, 1.54) is 72.9 Å². The van der Waals surface area contributed by atoms with Crippen LogP contribution in [0.5, 0.6) is 0 Å². The largest absolute Gasteiger partial charge is 0.481 e. The van der Waals surface area contributed by atoms with Crippen molar-refractivity contribution in [2.75, 3.05) is 11.9 Å². The summed E-state index contributed by atoms with van der Waals surface area (Å²) in [5.41, 5.74) is 2.45. The Bertz CT molecular complexity index is 3220. The van der Waals surface area contributed by atoms with E-state index >= 15 is 0 Å². The number of hydrogen-bond acceptors (Lipinski definition) is 15. The predicted octanol–water partition coefficient (Wildman–Crippen LogP) is 9.47. The molecule has 0 bridgehead atoms. The van der Waals surface area contributed by atoms with Crippen molar-refractivity contribution in [3.05, 3.63) is 197 Å². The molecule has 12 N–H and O–H groups in total. The summed E-state index contributed by atoms with van der Waals surface area (Å²) in [6.45, 7) is 4.99. The number of aryl methyl sites for hydroxylation is 2. The average molecular weight is 1280 g/mol. The smallest absolute Gasteiger partial charge is 0.335 e. The monoisotopic (exact) mass is 1280 g/mol. The van der Waals surface area contributed by atoms with Gasteiger partial charge in [0.2, 0.25) is 22.6 Å². The minimum Gasteiger partial charge on any atom is -0.481 e. The number of allylic oxidation sites excluding steroid dienone is 4. The van der Waals surface area contributed by atoms with E-state index in [4.69, 9.17) is 57.1 Å². The average Bonchev–Trinajstić information content (AvgIpc) is 2.68. The number of anilines is 1. The number of aliphatic carboxylic acids is 7. The van der Waals surface area contributed by atoms with Crippen molar-refractivity contribution >= 4 is 88.5 Å². The molecule has 1 saturated heterocycles. The van der Waals surface area contributed by atoms with Crippen LogP contribution in [-0.4, -0.2) is 128 Å². The summed E-state index contributed by atoms with van der Waals surface area (Å²) in [7, 11) is 0. The molecule has 0 aromatic heterocycles. The number of rotatable bonds is 24. The van der Waals surface area contributed by atoms with Gasteiger partial charge in [-0.2, -0.15) is 10.4 Å². The Labute approximate surface area is 528 Å². The molecule has 484 valence electrons. The number of hydrogen-bond donors (Lipinski definition) is 11. The molecule has 0 radical (unpaired) electrons. The van der Waals surface area contributed by atoms with Gasteiger partial charge in [0.1, 0.15) is 6.07 Å². The van der Waals surface area contributed by atoms with Gasteiger partial charge in [0.05, 0.1) is 33.8 Å². The normalized spacial score (nSPS) is 13.8. The maximum Gasteiger partial charge on any atom is 0.335 e. The number of nitrogens with zero attached hydrogens (tertiary/aromatic N) is 3. The van der Waals surface area contributed by atoms with Crippen molar-refractivity contribution in [2.45, 2.75) is 91.0 Å². The highest BCUT2D eigenvalue weighted by molar-refractivity contribution is 8.14. The molecule has 25 nitrogen and oxygen atoms in total. The number of amides is 2. The fourth-order valence-electron chi connectivity index (χ4n) is 7.84. The van der Waals surface area contributed by atoms with Gasteiger partial charge in [-0.25, -0.2) is 14.4 Å². The Hall–Kier alpha value is -10.9. The van der Waals surface area contributed by atoms with Crippen LogP contribution in [0.2, 0.25) is 0 Å².